The van der Waals surface area contributed by atoms with E-state index in [2.05, 4.69) is 28.9 Å². The van der Waals surface area contributed by atoms with E-state index in [1.165, 1.54) is 4.31 Å². The van der Waals surface area contributed by atoms with Crippen LogP contribution in [0.1, 0.15) is 19.4 Å². The maximum absolute atomic E-state index is 13.7. The van der Waals surface area contributed by atoms with Crippen LogP contribution >= 0.6 is 0 Å². The molecular formula is C30H29N3O3S. The number of fused-ring (bicyclic) bond motifs is 3. The van der Waals surface area contributed by atoms with E-state index in [9.17, 15) is 13.2 Å². The molecule has 0 atom stereocenters. The lowest BCUT2D eigenvalue weighted by molar-refractivity contribution is -0.114. The van der Waals surface area contributed by atoms with E-state index in [1.807, 2.05) is 49.4 Å². The van der Waals surface area contributed by atoms with E-state index in [1.54, 1.807) is 42.5 Å². The number of hydrogen-bond acceptors (Lipinski definition) is 3. The summed E-state index contributed by atoms with van der Waals surface area (Å²) < 4.78 is 30.8. The van der Waals surface area contributed by atoms with Crippen LogP contribution in [0.25, 0.3) is 21.8 Å². The van der Waals surface area contributed by atoms with Gasteiger partial charge in [0.1, 0.15) is 6.54 Å². The molecule has 37 heavy (non-hydrogen) atoms. The minimum absolute atomic E-state index is 0.141. The van der Waals surface area contributed by atoms with Crippen molar-refractivity contribution in [2.45, 2.75) is 31.7 Å². The number of rotatable bonds is 8. The van der Waals surface area contributed by atoms with Gasteiger partial charge in [-0.1, -0.05) is 61.5 Å². The molecule has 188 valence electrons. The Hall–Kier alpha value is -4.10. The standard InChI is InChI=1S/C30H29N3O3S/c1-3-22-12-8-10-16-27(22)33(37(35,36)24-13-6-5-7-14-24)21-30(34)31-23-18-19-29-26(20-23)25-15-9-11-17-28(25)32(29)4-2/h5-20H,3-4,21H2,1-2H3,(H,31,34). The first-order valence-corrected chi connectivity index (χ1v) is 13.8. The van der Waals surface area contributed by atoms with Gasteiger partial charge < -0.3 is 9.88 Å². The highest BCUT2D eigenvalue weighted by molar-refractivity contribution is 7.92. The van der Waals surface area contributed by atoms with Gasteiger partial charge in [-0.2, -0.15) is 0 Å². The maximum atomic E-state index is 13.7. The van der Waals surface area contributed by atoms with Crippen molar-refractivity contribution in [3.63, 3.8) is 0 Å². The van der Waals surface area contributed by atoms with E-state index < -0.39 is 15.9 Å². The number of carbonyl (C=O) groups excluding carboxylic acids is 1. The third kappa shape index (κ3) is 4.58. The summed E-state index contributed by atoms with van der Waals surface area (Å²) >= 11 is 0. The van der Waals surface area contributed by atoms with Gasteiger partial charge in [-0.05, 0) is 61.4 Å². The molecule has 1 aromatic heterocycles. The highest BCUT2D eigenvalue weighted by atomic mass is 32.2. The average Bonchev–Trinajstić information content (AvgIpc) is 3.25. The first-order chi connectivity index (χ1) is 17.9. The summed E-state index contributed by atoms with van der Waals surface area (Å²) in [5.74, 6) is -0.413. The molecule has 6 nitrogen and oxygen atoms in total. The van der Waals surface area contributed by atoms with Crippen LogP contribution in [0.2, 0.25) is 0 Å². The molecule has 5 rings (SSSR count). The second kappa shape index (κ2) is 10.1. The maximum Gasteiger partial charge on any atom is 0.264 e. The fraction of sp³-hybridized carbons (Fsp3) is 0.167. The van der Waals surface area contributed by atoms with Crippen molar-refractivity contribution in [1.82, 2.24) is 4.57 Å². The van der Waals surface area contributed by atoms with Crippen molar-refractivity contribution in [3.8, 4) is 0 Å². The number of benzene rings is 4. The molecule has 0 saturated heterocycles. The largest absolute Gasteiger partial charge is 0.341 e. The molecule has 1 amide bonds. The van der Waals surface area contributed by atoms with Gasteiger partial charge in [0.25, 0.3) is 10.0 Å². The fourth-order valence-electron chi connectivity index (χ4n) is 4.88. The predicted octanol–water partition coefficient (Wildman–Crippen LogP) is 6.21. The highest BCUT2D eigenvalue weighted by Gasteiger charge is 2.28. The Morgan fingerprint density at radius 2 is 1.49 bits per heavy atom. The van der Waals surface area contributed by atoms with Gasteiger partial charge in [-0.15, -0.1) is 0 Å². The molecule has 0 unspecified atom stereocenters. The Labute approximate surface area is 217 Å². The Morgan fingerprint density at radius 3 is 2.24 bits per heavy atom. The van der Waals surface area contributed by atoms with Crippen molar-refractivity contribution in [2.24, 2.45) is 0 Å². The zero-order valence-electron chi connectivity index (χ0n) is 20.9. The first kappa shape index (κ1) is 24.6. The summed E-state index contributed by atoms with van der Waals surface area (Å²) in [4.78, 5) is 13.5. The third-order valence-electron chi connectivity index (χ3n) is 6.63. The van der Waals surface area contributed by atoms with Crippen LogP contribution in [-0.4, -0.2) is 25.4 Å². The number of carbonyl (C=O) groups is 1. The lowest BCUT2D eigenvalue weighted by Crippen LogP contribution is -2.38. The number of anilines is 2. The molecule has 1 N–H and O–H groups in total. The lowest BCUT2D eigenvalue weighted by atomic mass is 10.1. The zero-order valence-corrected chi connectivity index (χ0v) is 21.7. The Balaban J connectivity index is 1.50. The molecule has 0 radical (unpaired) electrons. The predicted molar refractivity (Wildman–Crippen MR) is 151 cm³/mol. The molecule has 1 heterocycles. The SMILES string of the molecule is CCc1ccccc1N(CC(=O)Nc1ccc2c(c1)c1ccccc1n2CC)S(=O)(=O)c1ccccc1. The van der Waals surface area contributed by atoms with Crippen LogP contribution in [0.3, 0.4) is 0 Å². The number of aryl methyl sites for hydroxylation is 2. The molecule has 5 aromatic rings. The van der Waals surface area contributed by atoms with Crippen LogP contribution in [-0.2, 0) is 27.8 Å². The van der Waals surface area contributed by atoms with Crippen molar-refractivity contribution < 1.29 is 13.2 Å². The summed E-state index contributed by atoms with van der Waals surface area (Å²) in [6.45, 7) is 4.56. The van der Waals surface area contributed by atoms with E-state index in [-0.39, 0.29) is 11.4 Å². The van der Waals surface area contributed by atoms with Gasteiger partial charge in [0, 0.05) is 34.0 Å². The summed E-state index contributed by atoms with van der Waals surface area (Å²) in [5.41, 5.74) is 4.21. The molecule has 0 bridgehead atoms. The molecule has 0 aliphatic rings. The summed E-state index contributed by atoms with van der Waals surface area (Å²) in [5, 5.41) is 5.09. The van der Waals surface area contributed by atoms with Crippen molar-refractivity contribution in [2.75, 3.05) is 16.2 Å². The summed E-state index contributed by atoms with van der Waals surface area (Å²) in [7, 11) is -3.97. The number of para-hydroxylation sites is 2. The molecule has 0 aliphatic carbocycles. The van der Waals surface area contributed by atoms with Crippen LogP contribution < -0.4 is 9.62 Å². The number of sulfonamides is 1. The molecule has 0 fully saturated rings. The molecule has 7 heteroatoms. The van der Waals surface area contributed by atoms with Crippen LogP contribution in [0, 0.1) is 0 Å². The van der Waals surface area contributed by atoms with Crippen LogP contribution in [0.5, 0.6) is 0 Å². The highest BCUT2D eigenvalue weighted by Crippen LogP contribution is 2.31. The summed E-state index contributed by atoms with van der Waals surface area (Å²) in [6, 6.07) is 29.5. The van der Waals surface area contributed by atoms with Gasteiger partial charge >= 0.3 is 0 Å². The number of aromatic nitrogens is 1. The monoisotopic (exact) mass is 511 g/mol. The Morgan fingerprint density at radius 1 is 0.811 bits per heavy atom. The summed E-state index contributed by atoms with van der Waals surface area (Å²) in [6.07, 6.45) is 0.636. The topological polar surface area (TPSA) is 71.4 Å². The van der Waals surface area contributed by atoms with Gasteiger partial charge in [0.15, 0.2) is 0 Å². The van der Waals surface area contributed by atoms with Crippen molar-refractivity contribution in [1.29, 1.82) is 0 Å². The number of hydrogen-bond donors (Lipinski definition) is 1. The average molecular weight is 512 g/mol. The third-order valence-corrected chi connectivity index (χ3v) is 8.41. The Kier molecular flexibility index (Phi) is 6.72. The molecular weight excluding hydrogens is 482 g/mol. The second-order valence-electron chi connectivity index (χ2n) is 8.85. The van der Waals surface area contributed by atoms with Crippen molar-refractivity contribution in [3.05, 3.63) is 103 Å². The van der Waals surface area contributed by atoms with Gasteiger partial charge in [0.05, 0.1) is 10.6 Å². The molecule has 0 aliphatic heterocycles. The van der Waals surface area contributed by atoms with E-state index >= 15 is 0 Å². The zero-order chi connectivity index (χ0) is 26.0. The Bertz CT molecular complexity index is 1690. The normalized spacial score (nSPS) is 11.6. The van der Waals surface area contributed by atoms with Crippen LogP contribution in [0.4, 0.5) is 11.4 Å². The van der Waals surface area contributed by atoms with Gasteiger partial charge in [-0.3, -0.25) is 9.10 Å². The quantitative estimate of drug-likeness (QED) is 0.269. The first-order valence-electron chi connectivity index (χ1n) is 12.4. The minimum Gasteiger partial charge on any atom is -0.341 e. The number of nitrogens with one attached hydrogen (secondary N) is 1. The number of amides is 1. The van der Waals surface area contributed by atoms with Gasteiger partial charge in [-0.25, -0.2) is 8.42 Å². The molecule has 0 saturated carbocycles. The van der Waals surface area contributed by atoms with Gasteiger partial charge in [0.2, 0.25) is 5.91 Å². The molecule has 0 spiro atoms. The minimum atomic E-state index is -3.97. The fourth-order valence-corrected chi connectivity index (χ4v) is 6.36. The second-order valence-corrected chi connectivity index (χ2v) is 10.7. The van der Waals surface area contributed by atoms with Crippen LogP contribution in [0.15, 0.2) is 102 Å². The number of nitrogens with zero attached hydrogens (tertiary/aromatic N) is 2. The van der Waals surface area contributed by atoms with E-state index in [0.717, 1.165) is 33.9 Å². The van der Waals surface area contributed by atoms with E-state index in [4.69, 9.17) is 0 Å². The smallest absolute Gasteiger partial charge is 0.264 e. The van der Waals surface area contributed by atoms with E-state index in [0.29, 0.717) is 17.8 Å². The lowest BCUT2D eigenvalue weighted by Gasteiger charge is -2.26. The van der Waals surface area contributed by atoms with Crippen molar-refractivity contribution >= 4 is 49.1 Å². The molecule has 4 aromatic carbocycles.